The quantitative estimate of drug-likeness (QED) is 0.123. The summed E-state index contributed by atoms with van der Waals surface area (Å²) in [5.74, 6) is 0.249. The summed E-state index contributed by atoms with van der Waals surface area (Å²) in [4.78, 5) is 48.0. The Morgan fingerprint density at radius 2 is 1.03 bits per heavy atom. The van der Waals surface area contributed by atoms with Crippen LogP contribution < -0.4 is 10.6 Å². The van der Waals surface area contributed by atoms with Crippen LogP contribution in [0.1, 0.15) is 125 Å². The second kappa shape index (κ2) is 23.0. The number of carbonyl (C=O) groups excluding carboxylic acids is 4. The molecule has 8 nitrogen and oxygen atoms in total. The number of amides is 1. The molecule has 0 aromatic heterocycles. The number of ketones is 1. The van der Waals surface area contributed by atoms with Gasteiger partial charge in [-0.3, -0.25) is 9.59 Å². The van der Waals surface area contributed by atoms with E-state index in [1.807, 2.05) is 13.8 Å². The minimum atomic E-state index is -0.612. The zero-order valence-electron chi connectivity index (χ0n) is 25.1. The monoisotopic (exact) mass is 540 g/mol. The molecule has 0 saturated carbocycles. The fraction of sp³-hybridized carbons (Fsp3) is 0.867. The molecule has 0 aromatic carbocycles. The van der Waals surface area contributed by atoms with Gasteiger partial charge in [0.2, 0.25) is 5.91 Å². The molecule has 0 saturated heterocycles. The fourth-order valence-electron chi connectivity index (χ4n) is 4.23. The van der Waals surface area contributed by atoms with E-state index in [0.29, 0.717) is 38.4 Å². The normalized spacial score (nSPS) is 12.8. The lowest BCUT2D eigenvalue weighted by Crippen LogP contribution is -2.42. The average Bonchev–Trinajstić information content (AvgIpc) is 2.84. The van der Waals surface area contributed by atoms with Crippen LogP contribution in [0.3, 0.4) is 0 Å². The Bertz CT molecular complexity index is 665. The lowest BCUT2D eigenvalue weighted by molar-refractivity contribution is -0.148. The number of hydrogen-bond acceptors (Lipinski definition) is 7. The van der Waals surface area contributed by atoms with Crippen LogP contribution in [0.15, 0.2) is 0 Å². The summed E-state index contributed by atoms with van der Waals surface area (Å²) in [6, 6.07) is -0.873. The van der Waals surface area contributed by atoms with Crippen molar-refractivity contribution in [2.75, 3.05) is 20.3 Å². The van der Waals surface area contributed by atoms with Crippen LogP contribution >= 0.6 is 0 Å². The van der Waals surface area contributed by atoms with Gasteiger partial charge in [-0.2, -0.15) is 0 Å². The SMILES string of the molecule is CNC(CC(C)C)C(=O)OCCCCCCOC(=O)C(CC(C)C)NC(=O)CCCCCCCCC(C)=O. The second-order valence-corrected chi connectivity index (χ2v) is 11.3. The first-order chi connectivity index (χ1) is 18.1. The molecule has 38 heavy (non-hydrogen) atoms. The summed E-state index contributed by atoms with van der Waals surface area (Å²) in [5, 5.41) is 5.88. The minimum absolute atomic E-state index is 0.104. The van der Waals surface area contributed by atoms with Crippen LogP contribution in [0, 0.1) is 11.8 Å². The molecule has 0 aliphatic rings. The van der Waals surface area contributed by atoms with Crippen molar-refractivity contribution in [3.05, 3.63) is 0 Å². The molecule has 0 aliphatic heterocycles. The van der Waals surface area contributed by atoms with Crippen LogP contribution in [0.4, 0.5) is 0 Å². The smallest absolute Gasteiger partial charge is 0.328 e. The van der Waals surface area contributed by atoms with E-state index in [4.69, 9.17) is 9.47 Å². The summed E-state index contributed by atoms with van der Waals surface area (Å²) >= 11 is 0. The zero-order chi connectivity index (χ0) is 28.8. The molecule has 2 N–H and O–H groups in total. The number of esters is 2. The highest BCUT2D eigenvalue weighted by Gasteiger charge is 2.23. The van der Waals surface area contributed by atoms with Gasteiger partial charge in [0.15, 0.2) is 0 Å². The molecular formula is C30H56N2O6. The Labute approximate surface area is 231 Å². The van der Waals surface area contributed by atoms with Gasteiger partial charge in [-0.15, -0.1) is 0 Å². The Balaban J connectivity index is 4.07. The van der Waals surface area contributed by atoms with Gasteiger partial charge < -0.3 is 24.9 Å². The third-order valence-electron chi connectivity index (χ3n) is 6.38. The van der Waals surface area contributed by atoms with E-state index < -0.39 is 6.04 Å². The third-order valence-corrected chi connectivity index (χ3v) is 6.38. The van der Waals surface area contributed by atoms with E-state index in [0.717, 1.165) is 70.6 Å². The van der Waals surface area contributed by atoms with Gasteiger partial charge in [0, 0.05) is 12.8 Å². The number of likely N-dealkylation sites (N-methyl/N-ethyl adjacent to an activating group) is 1. The molecule has 0 aromatic rings. The molecular weight excluding hydrogens is 484 g/mol. The number of unbranched alkanes of at least 4 members (excludes halogenated alkanes) is 8. The lowest BCUT2D eigenvalue weighted by atomic mass is 10.0. The van der Waals surface area contributed by atoms with Gasteiger partial charge in [-0.25, -0.2) is 4.79 Å². The zero-order valence-corrected chi connectivity index (χ0v) is 25.1. The molecule has 2 atom stereocenters. The standard InChI is InChI=1S/C30H56N2O6/c1-23(2)21-26(31-6)29(35)37-19-15-11-12-16-20-38-30(36)27(22-24(3)4)32-28(34)18-14-10-8-7-9-13-17-25(5)33/h23-24,26-27,31H,7-22H2,1-6H3,(H,32,34). The van der Waals surface area contributed by atoms with Crippen molar-refractivity contribution >= 4 is 23.6 Å². The van der Waals surface area contributed by atoms with E-state index in [9.17, 15) is 19.2 Å². The molecule has 0 spiro atoms. The van der Waals surface area contributed by atoms with E-state index in [1.54, 1.807) is 14.0 Å². The van der Waals surface area contributed by atoms with Gasteiger partial charge in [0.05, 0.1) is 13.2 Å². The van der Waals surface area contributed by atoms with Crippen molar-refractivity contribution < 1.29 is 28.7 Å². The Kier molecular flexibility index (Phi) is 21.8. The van der Waals surface area contributed by atoms with Gasteiger partial charge in [-0.1, -0.05) is 53.4 Å². The number of hydrogen-bond donors (Lipinski definition) is 2. The molecule has 0 bridgehead atoms. The van der Waals surface area contributed by atoms with Crippen molar-refractivity contribution in [3.8, 4) is 0 Å². The maximum atomic E-state index is 12.6. The summed E-state index contributed by atoms with van der Waals surface area (Å²) in [5.41, 5.74) is 0. The van der Waals surface area contributed by atoms with E-state index in [2.05, 4.69) is 24.5 Å². The average molecular weight is 541 g/mol. The molecule has 0 fully saturated rings. The summed E-state index contributed by atoms with van der Waals surface area (Å²) in [6.07, 6.45) is 11.6. The van der Waals surface area contributed by atoms with Gasteiger partial charge in [0.25, 0.3) is 0 Å². The molecule has 222 valence electrons. The van der Waals surface area contributed by atoms with Crippen molar-refractivity contribution in [1.29, 1.82) is 0 Å². The summed E-state index contributed by atoms with van der Waals surface area (Å²) in [7, 11) is 1.77. The Morgan fingerprint density at radius 3 is 1.50 bits per heavy atom. The van der Waals surface area contributed by atoms with E-state index in [-0.39, 0.29) is 35.6 Å². The highest BCUT2D eigenvalue weighted by Crippen LogP contribution is 2.11. The molecule has 0 radical (unpaired) electrons. The van der Waals surface area contributed by atoms with Crippen molar-refractivity contribution in [2.45, 2.75) is 137 Å². The first kappa shape index (κ1) is 36.0. The summed E-state index contributed by atoms with van der Waals surface area (Å²) in [6.45, 7) is 10.5. The van der Waals surface area contributed by atoms with Gasteiger partial charge in [0.1, 0.15) is 17.9 Å². The largest absolute Gasteiger partial charge is 0.465 e. The minimum Gasteiger partial charge on any atom is -0.465 e. The number of ether oxygens (including phenoxy) is 2. The Hall–Kier alpha value is -1.96. The van der Waals surface area contributed by atoms with Crippen LogP contribution in [0.2, 0.25) is 0 Å². The second-order valence-electron chi connectivity index (χ2n) is 11.3. The summed E-state index contributed by atoms with van der Waals surface area (Å²) < 4.78 is 10.8. The third kappa shape index (κ3) is 21.0. The predicted octanol–water partition coefficient (Wildman–Crippen LogP) is 5.51. The molecule has 0 rings (SSSR count). The van der Waals surface area contributed by atoms with Crippen LogP contribution in [-0.2, 0) is 28.7 Å². The molecule has 0 aliphatic carbocycles. The first-order valence-electron chi connectivity index (χ1n) is 14.9. The van der Waals surface area contributed by atoms with Gasteiger partial charge >= 0.3 is 11.9 Å². The highest BCUT2D eigenvalue weighted by atomic mass is 16.5. The lowest BCUT2D eigenvalue weighted by Gasteiger charge is -2.19. The van der Waals surface area contributed by atoms with Gasteiger partial charge in [-0.05, 0) is 77.2 Å². The first-order valence-corrected chi connectivity index (χ1v) is 14.9. The fourth-order valence-corrected chi connectivity index (χ4v) is 4.23. The van der Waals surface area contributed by atoms with Crippen LogP contribution in [0.5, 0.6) is 0 Å². The molecule has 8 heteroatoms. The van der Waals surface area contributed by atoms with E-state index in [1.165, 1.54) is 0 Å². The highest BCUT2D eigenvalue weighted by molar-refractivity contribution is 5.84. The van der Waals surface area contributed by atoms with E-state index >= 15 is 0 Å². The maximum Gasteiger partial charge on any atom is 0.328 e. The van der Waals surface area contributed by atoms with Crippen molar-refractivity contribution in [3.63, 3.8) is 0 Å². The molecule has 1 amide bonds. The van der Waals surface area contributed by atoms with Crippen molar-refractivity contribution in [1.82, 2.24) is 10.6 Å². The Morgan fingerprint density at radius 1 is 0.605 bits per heavy atom. The number of Topliss-reactive ketones (excluding diaryl/α,β-unsaturated/α-hetero) is 1. The van der Waals surface area contributed by atoms with Crippen molar-refractivity contribution in [2.24, 2.45) is 11.8 Å². The predicted molar refractivity (Wildman–Crippen MR) is 152 cm³/mol. The van der Waals surface area contributed by atoms with Crippen LogP contribution in [-0.4, -0.2) is 56.0 Å². The number of carbonyl (C=O) groups is 4. The van der Waals surface area contributed by atoms with Crippen LogP contribution in [0.25, 0.3) is 0 Å². The molecule has 0 heterocycles. The topological polar surface area (TPSA) is 111 Å². The number of rotatable bonds is 24. The molecule has 2 unspecified atom stereocenters. The number of nitrogens with one attached hydrogen (secondary N) is 2. The maximum absolute atomic E-state index is 12.6.